The first-order chi connectivity index (χ1) is 14.3. The van der Waals surface area contributed by atoms with Crippen LogP contribution in [0.1, 0.15) is 76.7 Å². The summed E-state index contributed by atoms with van der Waals surface area (Å²) in [6.07, 6.45) is 13.4. The van der Waals surface area contributed by atoms with E-state index in [-0.39, 0.29) is 25.6 Å². The number of hydrogen-bond donors (Lipinski definition) is 2. The van der Waals surface area contributed by atoms with Gasteiger partial charge in [0.05, 0.1) is 19.8 Å². The van der Waals surface area contributed by atoms with Crippen LogP contribution in [0.25, 0.3) is 0 Å². The monoisotopic (exact) mass is 443 g/mol. The van der Waals surface area contributed by atoms with Crippen LogP contribution in [0.15, 0.2) is 30.3 Å². The van der Waals surface area contributed by atoms with Crippen molar-refractivity contribution in [1.82, 2.24) is 0 Å². The minimum Gasteiger partial charge on any atom is -1.00 e. The molecule has 0 amide bonds. The lowest BCUT2D eigenvalue weighted by Crippen LogP contribution is -3.00. The average molecular weight is 444 g/mol. The minimum atomic E-state index is 0. The molecule has 1 aromatic rings. The van der Waals surface area contributed by atoms with E-state index in [1.165, 1.54) is 63.4 Å². The van der Waals surface area contributed by atoms with Crippen molar-refractivity contribution < 1.29 is 31.8 Å². The number of hydrogen-bond acceptors (Lipinski definition) is 3. The fourth-order valence-corrected chi connectivity index (χ4v) is 4.02. The van der Waals surface area contributed by atoms with Gasteiger partial charge < -0.3 is 31.8 Å². The van der Waals surface area contributed by atoms with Crippen molar-refractivity contribution >= 4 is 0 Å². The summed E-state index contributed by atoms with van der Waals surface area (Å²) >= 11 is 0. The van der Waals surface area contributed by atoms with Crippen LogP contribution in [0, 0.1) is 0 Å². The lowest BCUT2D eigenvalue weighted by Gasteiger charge is -2.38. The highest BCUT2D eigenvalue weighted by molar-refractivity contribution is 5.13. The summed E-state index contributed by atoms with van der Waals surface area (Å²) in [4.78, 5) is 0. The summed E-state index contributed by atoms with van der Waals surface area (Å²) < 4.78 is 6.59. The zero-order valence-electron chi connectivity index (χ0n) is 19.2. The van der Waals surface area contributed by atoms with Gasteiger partial charge in [0.2, 0.25) is 0 Å². The van der Waals surface area contributed by atoms with E-state index in [1.807, 2.05) is 18.2 Å². The largest absolute Gasteiger partial charge is 1.00 e. The van der Waals surface area contributed by atoms with E-state index in [2.05, 4.69) is 19.1 Å². The van der Waals surface area contributed by atoms with Crippen molar-refractivity contribution in [2.75, 3.05) is 46.1 Å². The molecule has 5 heteroatoms. The Bertz CT molecular complexity index is 467. The zero-order valence-corrected chi connectivity index (χ0v) is 20.0. The third-order valence-corrected chi connectivity index (χ3v) is 5.86. The molecule has 0 aliphatic carbocycles. The summed E-state index contributed by atoms with van der Waals surface area (Å²) in [6, 6.07) is 10.3. The van der Waals surface area contributed by atoms with Crippen LogP contribution < -0.4 is 12.4 Å². The van der Waals surface area contributed by atoms with E-state index in [0.717, 1.165) is 26.1 Å². The number of benzene rings is 1. The molecule has 30 heavy (non-hydrogen) atoms. The maximum Gasteiger partial charge on any atom is 0.105 e. The van der Waals surface area contributed by atoms with Crippen molar-refractivity contribution in [3.8, 4) is 0 Å². The number of aliphatic hydroxyl groups excluding tert-OH is 2. The Labute approximate surface area is 191 Å². The summed E-state index contributed by atoms with van der Waals surface area (Å²) in [5, 5.41) is 19.1. The lowest BCUT2D eigenvalue weighted by molar-refractivity contribution is -0.941. The Balaban J connectivity index is 0.00000841. The average Bonchev–Trinajstić information content (AvgIpc) is 2.72. The van der Waals surface area contributed by atoms with Crippen LogP contribution in [0.5, 0.6) is 0 Å². The number of quaternary nitrogens is 1. The SMILES string of the molecule is CCCCCCCCCCCCOCC[N+](CCO)(CCO)Cc1ccccc1.[Cl-]. The number of halogens is 1. The predicted octanol–water partition coefficient (Wildman–Crippen LogP) is 1.93. The molecule has 0 saturated heterocycles. The molecule has 0 fully saturated rings. The van der Waals surface area contributed by atoms with Crippen LogP contribution in [0.3, 0.4) is 0 Å². The van der Waals surface area contributed by atoms with Crippen molar-refractivity contribution in [3.05, 3.63) is 35.9 Å². The Hall–Kier alpha value is -0.650. The Morgan fingerprint density at radius 3 is 1.77 bits per heavy atom. The van der Waals surface area contributed by atoms with Gasteiger partial charge in [0, 0.05) is 12.2 Å². The second-order valence-electron chi connectivity index (χ2n) is 8.40. The molecule has 0 atom stereocenters. The van der Waals surface area contributed by atoms with Crippen LogP contribution in [-0.2, 0) is 11.3 Å². The Morgan fingerprint density at radius 1 is 0.700 bits per heavy atom. The fourth-order valence-electron chi connectivity index (χ4n) is 4.02. The predicted molar refractivity (Wildman–Crippen MR) is 122 cm³/mol. The Kier molecular flexibility index (Phi) is 19.8. The molecule has 0 bridgehead atoms. The summed E-state index contributed by atoms with van der Waals surface area (Å²) in [5.41, 5.74) is 1.24. The van der Waals surface area contributed by atoms with Crippen LogP contribution >= 0.6 is 0 Å². The van der Waals surface area contributed by atoms with E-state index < -0.39 is 0 Å². The second-order valence-corrected chi connectivity index (χ2v) is 8.40. The quantitative estimate of drug-likeness (QED) is 0.239. The van der Waals surface area contributed by atoms with Gasteiger partial charge in [-0.25, -0.2) is 0 Å². The first-order valence-corrected chi connectivity index (χ1v) is 11.9. The van der Waals surface area contributed by atoms with E-state index in [9.17, 15) is 10.2 Å². The van der Waals surface area contributed by atoms with Crippen molar-refractivity contribution in [2.24, 2.45) is 0 Å². The molecular weight excluding hydrogens is 398 g/mol. The van der Waals surface area contributed by atoms with Gasteiger partial charge in [-0.3, -0.25) is 0 Å². The molecule has 0 aliphatic rings. The molecule has 4 nitrogen and oxygen atoms in total. The molecule has 0 radical (unpaired) electrons. The highest BCUT2D eigenvalue weighted by Crippen LogP contribution is 2.15. The van der Waals surface area contributed by atoms with Crippen molar-refractivity contribution in [1.29, 1.82) is 0 Å². The van der Waals surface area contributed by atoms with Gasteiger partial charge in [-0.1, -0.05) is 95.0 Å². The van der Waals surface area contributed by atoms with Crippen LogP contribution in [0.2, 0.25) is 0 Å². The zero-order chi connectivity index (χ0) is 21.0. The first-order valence-electron chi connectivity index (χ1n) is 11.9. The molecule has 2 N–H and O–H groups in total. The molecule has 0 aliphatic heterocycles. The maximum atomic E-state index is 9.57. The number of unbranched alkanes of at least 4 members (excludes halogenated alkanes) is 9. The lowest BCUT2D eigenvalue weighted by atomic mass is 10.1. The molecule has 0 aromatic heterocycles. The summed E-state index contributed by atoms with van der Waals surface area (Å²) in [5.74, 6) is 0. The van der Waals surface area contributed by atoms with Gasteiger partial charge >= 0.3 is 0 Å². The summed E-state index contributed by atoms with van der Waals surface area (Å²) in [6.45, 7) is 6.98. The smallest absolute Gasteiger partial charge is 0.105 e. The standard InChI is InChI=1S/C25H46NO3.ClH/c1-2-3-4-5-6-7-8-9-10-14-22-29-23-19-26(17-20-27,18-21-28)24-25-15-12-11-13-16-25;/h11-13,15-16,27-28H,2-10,14,17-24H2,1H3;1H/q+1;/p-1. The van der Waals surface area contributed by atoms with E-state index >= 15 is 0 Å². The molecule has 0 heterocycles. The number of aliphatic hydroxyl groups is 2. The topological polar surface area (TPSA) is 49.7 Å². The van der Waals surface area contributed by atoms with Gasteiger partial charge in [-0.2, -0.15) is 0 Å². The fraction of sp³-hybridized carbons (Fsp3) is 0.760. The normalized spacial score (nSPS) is 11.4. The Morgan fingerprint density at radius 2 is 1.23 bits per heavy atom. The maximum absolute atomic E-state index is 9.57. The third-order valence-electron chi connectivity index (χ3n) is 5.86. The first kappa shape index (κ1) is 29.4. The summed E-state index contributed by atoms with van der Waals surface area (Å²) in [7, 11) is 0. The van der Waals surface area contributed by atoms with Gasteiger partial charge in [0.25, 0.3) is 0 Å². The third kappa shape index (κ3) is 14.4. The van der Waals surface area contributed by atoms with E-state index in [1.54, 1.807) is 0 Å². The molecule has 1 rings (SSSR count). The van der Waals surface area contributed by atoms with Crippen LogP contribution in [-0.4, -0.2) is 60.8 Å². The van der Waals surface area contributed by atoms with Gasteiger partial charge in [-0.15, -0.1) is 0 Å². The van der Waals surface area contributed by atoms with E-state index in [4.69, 9.17) is 4.74 Å². The van der Waals surface area contributed by atoms with Gasteiger partial charge in [0.15, 0.2) is 0 Å². The molecular formula is C25H46ClNO3. The number of nitrogens with zero attached hydrogens (tertiary/aromatic N) is 1. The van der Waals surface area contributed by atoms with Crippen molar-refractivity contribution in [3.63, 3.8) is 0 Å². The minimum absolute atomic E-state index is 0. The molecule has 176 valence electrons. The highest BCUT2D eigenvalue weighted by atomic mass is 35.5. The van der Waals surface area contributed by atoms with Gasteiger partial charge in [-0.05, 0) is 6.42 Å². The molecule has 0 unspecified atom stereocenters. The van der Waals surface area contributed by atoms with Crippen LogP contribution in [0.4, 0.5) is 0 Å². The molecule has 0 saturated carbocycles. The number of rotatable bonds is 20. The molecule has 0 spiro atoms. The van der Waals surface area contributed by atoms with E-state index in [0.29, 0.717) is 24.2 Å². The highest BCUT2D eigenvalue weighted by Gasteiger charge is 2.26. The second kappa shape index (κ2) is 20.3. The molecule has 1 aromatic carbocycles. The van der Waals surface area contributed by atoms with Crippen molar-refractivity contribution in [2.45, 2.75) is 77.7 Å². The van der Waals surface area contributed by atoms with Gasteiger partial charge in [0.1, 0.15) is 26.2 Å². The number of ether oxygens (including phenoxy) is 1.